The Hall–Kier alpha value is -1.48. The van der Waals surface area contributed by atoms with Crippen molar-refractivity contribution in [2.45, 2.75) is 160 Å². The van der Waals surface area contributed by atoms with Gasteiger partial charge in [0.05, 0.1) is 6.61 Å². The Morgan fingerprint density at radius 3 is 1.69 bits per heavy atom. The molecule has 3 N–H and O–H groups in total. The lowest BCUT2D eigenvalue weighted by atomic mass is 10.0. The van der Waals surface area contributed by atoms with Gasteiger partial charge in [0, 0.05) is 18.9 Å². The number of nitrogens with zero attached hydrogens (tertiary/aromatic N) is 1. The molecule has 1 aromatic heterocycles. The maximum absolute atomic E-state index is 12.2. The van der Waals surface area contributed by atoms with Crippen molar-refractivity contribution in [2.75, 3.05) is 13.2 Å². The summed E-state index contributed by atoms with van der Waals surface area (Å²) in [5, 5.41) is 20.0. The van der Waals surface area contributed by atoms with Crippen LogP contribution >= 0.6 is 0 Å². The number of aromatic amines is 1. The maximum Gasteiger partial charge on any atom is 0.330 e. The van der Waals surface area contributed by atoms with Crippen molar-refractivity contribution in [2.24, 2.45) is 0 Å². The molecule has 1 aliphatic rings. The molecule has 0 bridgehead atoms. The van der Waals surface area contributed by atoms with Gasteiger partial charge in [-0.05, 0) is 6.42 Å². The number of aromatic nitrogens is 2. The molecule has 2 rings (SSSR count). The lowest BCUT2D eigenvalue weighted by Gasteiger charge is -2.22. The zero-order valence-electron chi connectivity index (χ0n) is 24.5. The molecule has 0 aliphatic carbocycles. The van der Waals surface area contributed by atoms with E-state index in [0.29, 0.717) is 6.61 Å². The summed E-state index contributed by atoms with van der Waals surface area (Å²) in [7, 11) is 0. The van der Waals surface area contributed by atoms with Crippen molar-refractivity contribution in [3.63, 3.8) is 0 Å². The maximum atomic E-state index is 12.2. The van der Waals surface area contributed by atoms with Gasteiger partial charge in [0.25, 0.3) is 5.56 Å². The summed E-state index contributed by atoms with van der Waals surface area (Å²) in [5.41, 5.74) is -1.14. The van der Waals surface area contributed by atoms with E-state index in [2.05, 4.69) is 11.9 Å². The average Bonchev–Trinajstić information content (AvgIpc) is 3.24. The van der Waals surface area contributed by atoms with Crippen LogP contribution in [0, 0.1) is 0 Å². The molecular weight excluding hydrogens is 496 g/mol. The molecule has 39 heavy (non-hydrogen) atoms. The number of aliphatic hydroxyl groups excluding tert-OH is 2. The molecule has 1 fully saturated rings. The number of ether oxygens (including phenoxy) is 2. The third kappa shape index (κ3) is 13.6. The fourth-order valence-corrected chi connectivity index (χ4v) is 5.48. The fourth-order valence-electron chi connectivity index (χ4n) is 5.48. The van der Waals surface area contributed by atoms with Crippen molar-refractivity contribution < 1.29 is 19.7 Å². The topological polar surface area (TPSA) is 114 Å². The van der Waals surface area contributed by atoms with Crippen LogP contribution in [0.4, 0.5) is 0 Å². The molecule has 4 atom stereocenters. The smallest absolute Gasteiger partial charge is 0.330 e. The predicted molar refractivity (Wildman–Crippen MR) is 156 cm³/mol. The van der Waals surface area contributed by atoms with E-state index in [4.69, 9.17) is 9.47 Å². The Kier molecular flexibility index (Phi) is 18.4. The van der Waals surface area contributed by atoms with Gasteiger partial charge in [-0.15, -0.1) is 0 Å². The Bertz CT molecular complexity index is 841. The summed E-state index contributed by atoms with van der Waals surface area (Å²) in [4.78, 5) is 25.7. The Morgan fingerprint density at radius 2 is 1.26 bits per heavy atom. The van der Waals surface area contributed by atoms with Gasteiger partial charge in [0.2, 0.25) is 0 Å². The van der Waals surface area contributed by atoms with Gasteiger partial charge in [-0.1, -0.05) is 129 Å². The van der Waals surface area contributed by atoms with Gasteiger partial charge in [-0.25, -0.2) is 4.79 Å². The zero-order valence-corrected chi connectivity index (χ0v) is 24.5. The molecule has 0 saturated carbocycles. The quantitative estimate of drug-likeness (QED) is 0.136. The van der Waals surface area contributed by atoms with Gasteiger partial charge in [-0.2, -0.15) is 0 Å². The fraction of sp³-hybridized carbons (Fsp3) is 0.871. The van der Waals surface area contributed by atoms with Crippen LogP contribution < -0.4 is 11.2 Å². The summed E-state index contributed by atoms with van der Waals surface area (Å²) in [6.07, 6.45) is 24.3. The molecule has 226 valence electrons. The lowest BCUT2D eigenvalue weighted by molar-refractivity contribution is -0.0749. The molecule has 0 spiro atoms. The summed E-state index contributed by atoms with van der Waals surface area (Å²) in [6, 6.07) is 1.22. The third-order valence-electron chi connectivity index (χ3n) is 7.93. The van der Waals surface area contributed by atoms with E-state index in [-0.39, 0.29) is 6.61 Å². The van der Waals surface area contributed by atoms with Crippen LogP contribution in [0.2, 0.25) is 0 Å². The summed E-state index contributed by atoms with van der Waals surface area (Å²) >= 11 is 0. The number of aliphatic hydroxyl groups is 2. The van der Waals surface area contributed by atoms with Gasteiger partial charge >= 0.3 is 5.69 Å². The highest BCUT2D eigenvalue weighted by Gasteiger charge is 2.45. The largest absolute Gasteiger partial charge is 0.394 e. The Labute approximate surface area is 235 Å². The summed E-state index contributed by atoms with van der Waals surface area (Å²) in [6.45, 7) is 2.34. The molecule has 0 amide bonds. The first-order valence-electron chi connectivity index (χ1n) is 16.0. The monoisotopic (exact) mass is 552 g/mol. The molecule has 2 heterocycles. The first kappa shape index (κ1) is 33.7. The second-order valence-electron chi connectivity index (χ2n) is 11.3. The third-order valence-corrected chi connectivity index (χ3v) is 7.93. The van der Waals surface area contributed by atoms with Crippen molar-refractivity contribution in [3.05, 3.63) is 33.1 Å². The highest BCUT2D eigenvalue weighted by atomic mass is 16.6. The summed E-state index contributed by atoms with van der Waals surface area (Å²) < 4.78 is 12.8. The Balaban J connectivity index is 1.42. The minimum Gasteiger partial charge on any atom is -0.394 e. The number of H-pyrrole nitrogens is 1. The molecule has 1 aliphatic heterocycles. The SMILES string of the molecule is CCCCCCCCCCCCCCCCCCCCCCO[C@H]1C(O)[C@@H](CO)O[C@H]1n1ccc(=O)[nH]c1=O. The minimum atomic E-state index is -1.05. The van der Waals surface area contributed by atoms with E-state index in [9.17, 15) is 19.8 Å². The molecule has 0 radical (unpaired) electrons. The molecule has 8 heteroatoms. The van der Waals surface area contributed by atoms with Crippen molar-refractivity contribution >= 4 is 0 Å². The zero-order chi connectivity index (χ0) is 28.1. The first-order chi connectivity index (χ1) is 19.1. The first-order valence-corrected chi connectivity index (χ1v) is 16.0. The van der Waals surface area contributed by atoms with E-state index in [1.54, 1.807) is 0 Å². The molecule has 8 nitrogen and oxygen atoms in total. The second-order valence-corrected chi connectivity index (χ2v) is 11.3. The molecular formula is C31H56N2O6. The van der Waals surface area contributed by atoms with E-state index in [0.717, 1.165) is 19.3 Å². The highest BCUT2D eigenvalue weighted by Crippen LogP contribution is 2.30. The number of hydrogen-bond acceptors (Lipinski definition) is 6. The number of unbranched alkanes of at least 4 members (excludes halogenated alkanes) is 19. The van der Waals surface area contributed by atoms with Crippen LogP contribution in [0.5, 0.6) is 0 Å². The van der Waals surface area contributed by atoms with E-state index < -0.39 is 35.8 Å². The van der Waals surface area contributed by atoms with Crippen molar-refractivity contribution in [3.8, 4) is 0 Å². The number of nitrogens with one attached hydrogen (secondary N) is 1. The predicted octanol–water partition coefficient (Wildman–Crippen LogP) is 5.99. The highest BCUT2D eigenvalue weighted by molar-refractivity contribution is 4.94. The normalized spacial score (nSPS) is 21.1. The van der Waals surface area contributed by atoms with Crippen molar-refractivity contribution in [1.29, 1.82) is 0 Å². The standard InChI is InChI=1S/C31H56N2O6/c1-2-3-4-5-6-7-8-9-10-11-12-13-14-15-16-17-18-19-20-21-24-38-29-28(36)26(25-34)39-30(29)33-23-22-27(35)32-31(33)37/h22-23,26,28-30,34,36H,2-21,24-25H2,1H3,(H,32,35,37)/t26-,28?,29+,30-/m1/s1. The lowest BCUT2D eigenvalue weighted by Crippen LogP contribution is -2.39. The van der Waals surface area contributed by atoms with Crippen LogP contribution in [0.25, 0.3) is 0 Å². The van der Waals surface area contributed by atoms with Crippen LogP contribution in [0.3, 0.4) is 0 Å². The Morgan fingerprint density at radius 1 is 0.795 bits per heavy atom. The molecule has 0 aromatic carbocycles. The van der Waals surface area contributed by atoms with Crippen LogP contribution in [-0.4, -0.2) is 51.3 Å². The van der Waals surface area contributed by atoms with E-state index in [1.807, 2.05) is 0 Å². The van der Waals surface area contributed by atoms with Gasteiger partial charge in [-0.3, -0.25) is 14.3 Å². The van der Waals surface area contributed by atoms with E-state index in [1.165, 1.54) is 126 Å². The molecule has 1 aromatic rings. The molecule has 1 unspecified atom stereocenters. The van der Waals surface area contributed by atoms with Crippen LogP contribution in [-0.2, 0) is 9.47 Å². The number of rotatable bonds is 24. The van der Waals surface area contributed by atoms with Gasteiger partial charge in [0.15, 0.2) is 6.23 Å². The second kappa shape index (κ2) is 21.3. The van der Waals surface area contributed by atoms with Crippen molar-refractivity contribution in [1.82, 2.24) is 9.55 Å². The summed E-state index contributed by atoms with van der Waals surface area (Å²) in [5.74, 6) is 0. The van der Waals surface area contributed by atoms with E-state index >= 15 is 0 Å². The van der Waals surface area contributed by atoms with Gasteiger partial charge < -0.3 is 19.7 Å². The average molecular weight is 553 g/mol. The van der Waals surface area contributed by atoms with Crippen LogP contribution in [0.1, 0.15) is 142 Å². The minimum absolute atomic E-state index is 0.380. The number of hydrogen-bond donors (Lipinski definition) is 3. The molecule has 1 saturated heterocycles. The van der Waals surface area contributed by atoms with Gasteiger partial charge in [0.1, 0.15) is 18.3 Å². The van der Waals surface area contributed by atoms with Crippen LogP contribution in [0.15, 0.2) is 21.9 Å².